The van der Waals surface area contributed by atoms with E-state index in [4.69, 9.17) is 0 Å². The molecular formula is C22H26N2O2. The number of amides is 2. The quantitative estimate of drug-likeness (QED) is 0.702. The Balaban J connectivity index is 2.10. The molecule has 26 heavy (non-hydrogen) atoms. The van der Waals surface area contributed by atoms with Gasteiger partial charge in [-0.1, -0.05) is 62.4 Å². The van der Waals surface area contributed by atoms with E-state index in [1.165, 1.54) is 6.08 Å². The highest BCUT2D eigenvalue weighted by Crippen LogP contribution is 2.26. The van der Waals surface area contributed by atoms with Crippen LogP contribution in [0.1, 0.15) is 37.8 Å². The minimum Gasteiger partial charge on any atom is -0.347 e. The van der Waals surface area contributed by atoms with Gasteiger partial charge in [-0.15, -0.1) is 0 Å². The summed E-state index contributed by atoms with van der Waals surface area (Å²) in [6, 6.07) is 17.3. The van der Waals surface area contributed by atoms with Crippen LogP contribution in [0.2, 0.25) is 0 Å². The highest BCUT2D eigenvalue weighted by molar-refractivity contribution is 5.98. The summed E-state index contributed by atoms with van der Waals surface area (Å²) < 4.78 is 0. The van der Waals surface area contributed by atoms with Gasteiger partial charge in [-0.05, 0) is 42.7 Å². The first-order chi connectivity index (χ1) is 12.5. The van der Waals surface area contributed by atoms with Crippen molar-refractivity contribution in [1.82, 2.24) is 5.32 Å². The Kier molecular flexibility index (Phi) is 6.73. The van der Waals surface area contributed by atoms with E-state index in [0.29, 0.717) is 5.69 Å². The van der Waals surface area contributed by atoms with Crippen LogP contribution in [0.15, 0.2) is 67.3 Å². The number of rotatable bonds is 8. The van der Waals surface area contributed by atoms with Gasteiger partial charge in [0.05, 0.1) is 12.0 Å². The Labute approximate surface area is 155 Å². The number of nitrogens with one attached hydrogen (secondary N) is 2. The molecule has 2 aromatic rings. The van der Waals surface area contributed by atoms with E-state index >= 15 is 0 Å². The summed E-state index contributed by atoms with van der Waals surface area (Å²) in [4.78, 5) is 24.1. The van der Waals surface area contributed by atoms with E-state index in [0.717, 1.165) is 24.0 Å². The van der Waals surface area contributed by atoms with Crippen molar-refractivity contribution in [2.45, 2.75) is 38.6 Å². The van der Waals surface area contributed by atoms with Crippen LogP contribution in [0.5, 0.6) is 0 Å². The van der Waals surface area contributed by atoms with E-state index in [2.05, 4.69) is 31.1 Å². The minimum absolute atomic E-state index is 0.0444. The van der Waals surface area contributed by atoms with Crippen molar-refractivity contribution in [3.05, 3.63) is 78.4 Å². The van der Waals surface area contributed by atoms with Crippen LogP contribution in [0.4, 0.5) is 5.69 Å². The van der Waals surface area contributed by atoms with E-state index in [1.54, 1.807) is 12.1 Å². The molecule has 0 bridgehead atoms. The molecule has 0 radical (unpaired) electrons. The molecule has 4 nitrogen and oxygen atoms in total. The molecule has 2 N–H and O–H groups in total. The Morgan fingerprint density at radius 1 is 1.12 bits per heavy atom. The smallest absolute Gasteiger partial charge is 0.247 e. The maximum Gasteiger partial charge on any atom is 0.247 e. The van der Waals surface area contributed by atoms with Gasteiger partial charge < -0.3 is 10.6 Å². The summed E-state index contributed by atoms with van der Waals surface area (Å²) in [7, 11) is 0. The third-order valence-electron chi connectivity index (χ3n) is 4.32. The number of carbonyl (C=O) groups is 2. The lowest BCUT2D eigenvalue weighted by Gasteiger charge is -2.31. The van der Waals surface area contributed by atoms with Gasteiger partial charge >= 0.3 is 0 Å². The lowest BCUT2D eigenvalue weighted by molar-refractivity contribution is -0.122. The molecule has 1 atom stereocenters. The minimum atomic E-state index is -0.401. The Morgan fingerprint density at radius 2 is 1.85 bits per heavy atom. The average molecular weight is 350 g/mol. The summed E-state index contributed by atoms with van der Waals surface area (Å²) in [5, 5.41) is 5.90. The lowest BCUT2D eigenvalue weighted by atomic mass is 9.87. The Hall–Kier alpha value is -2.88. The van der Waals surface area contributed by atoms with Gasteiger partial charge in [-0.2, -0.15) is 0 Å². The number of hydrogen-bond acceptors (Lipinski definition) is 2. The monoisotopic (exact) mass is 350 g/mol. The molecule has 0 fully saturated rings. The van der Waals surface area contributed by atoms with Crippen LogP contribution in [0, 0.1) is 0 Å². The second-order valence-corrected chi connectivity index (χ2v) is 6.57. The molecule has 0 aliphatic rings. The zero-order valence-corrected chi connectivity index (χ0v) is 15.4. The fraction of sp³-hybridized carbons (Fsp3) is 0.273. The molecule has 0 heterocycles. The van der Waals surface area contributed by atoms with Gasteiger partial charge in [-0.25, -0.2) is 0 Å². The van der Waals surface area contributed by atoms with E-state index in [1.807, 2.05) is 42.5 Å². The van der Waals surface area contributed by atoms with Gasteiger partial charge in [-0.3, -0.25) is 9.59 Å². The maximum absolute atomic E-state index is 12.7. The Morgan fingerprint density at radius 3 is 2.50 bits per heavy atom. The zero-order chi connectivity index (χ0) is 19.0. The summed E-state index contributed by atoms with van der Waals surface area (Å²) in [6.45, 7) is 7.61. The van der Waals surface area contributed by atoms with Crippen molar-refractivity contribution in [3.63, 3.8) is 0 Å². The topological polar surface area (TPSA) is 58.2 Å². The Bertz CT molecular complexity index is 771. The number of hydrogen-bond donors (Lipinski definition) is 2. The number of carbonyl (C=O) groups excluding carboxylic acids is 2. The molecule has 0 aliphatic heterocycles. The van der Waals surface area contributed by atoms with Crippen LogP contribution >= 0.6 is 0 Å². The number of anilines is 1. The molecule has 2 rings (SSSR count). The van der Waals surface area contributed by atoms with Crippen LogP contribution in [0.3, 0.4) is 0 Å². The molecule has 2 amide bonds. The van der Waals surface area contributed by atoms with Crippen molar-refractivity contribution in [2.75, 3.05) is 5.32 Å². The van der Waals surface area contributed by atoms with Gasteiger partial charge in [0.2, 0.25) is 11.8 Å². The van der Waals surface area contributed by atoms with Crippen molar-refractivity contribution in [2.24, 2.45) is 0 Å². The van der Waals surface area contributed by atoms with Crippen LogP contribution in [0.25, 0.3) is 0 Å². The fourth-order valence-corrected chi connectivity index (χ4v) is 3.07. The lowest BCUT2D eigenvalue weighted by Crippen LogP contribution is -2.44. The molecule has 1 unspecified atom stereocenters. The van der Waals surface area contributed by atoms with Gasteiger partial charge in [0.25, 0.3) is 0 Å². The van der Waals surface area contributed by atoms with Gasteiger partial charge in [0.15, 0.2) is 0 Å². The molecule has 2 aromatic carbocycles. The van der Waals surface area contributed by atoms with Crippen molar-refractivity contribution >= 4 is 17.5 Å². The summed E-state index contributed by atoms with van der Waals surface area (Å²) in [5.74, 6) is -0.316. The second-order valence-electron chi connectivity index (χ2n) is 6.57. The first kappa shape index (κ1) is 19.4. The predicted molar refractivity (Wildman–Crippen MR) is 106 cm³/mol. The highest BCUT2D eigenvalue weighted by Gasteiger charge is 2.27. The van der Waals surface area contributed by atoms with E-state index < -0.39 is 5.54 Å². The average Bonchev–Trinajstić information content (AvgIpc) is 2.62. The molecule has 136 valence electrons. The molecular weight excluding hydrogens is 324 g/mol. The standard InChI is InChI=1S/C22H26N2O2/c1-4-14-22(3,18-11-7-6-8-12-18)24-21(26)16-17-10-9-13-19(15-17)23-20(25)5-2/h5-13,15H,2,4,14,16H2,1,3H3,(H,23,25)(H,24,26). The molecule has 0 spiro atoms. The second kappa shape index (κ2) is 8.99. The molecule has 0 aliphatic carbocycles. The van der Waals surface area contributed by atoms with E-state index in [-0.39, 0.29) is 18.2 Å². The molecule has 0 saturated heterocycles. The SMILES string of the molecule is C=CC(=O)Nc1cccc(CC(=O)NC(C)(CCC)c2ccccc2)c1. The van der Waals surface area contributed by atoms with Crippen LogP contribution < -0.4 is 10.6 Å². The molecule has 0 aromatic heterocycles. The van der Waals surface area contributed by atoms with E-state index in [9.17, 15) is 9.59 Å². The van der Waals surface area contributed by atoms with Crippen LogP contribution in [-0.4, -0.2) is 11.8 Å². The van der Waals surface area contributed by atoms with Gasteiger partial charge in [0.1, 0.15) is 0 Å². The zero-order valence-electron chi connectivity index (χ0n) is 15.4. The number of benzene rings is 2. The van der Waals surface area contributed by atoms with Crippen molar-refractivity contribution in [1.29, 1.82) is 0 Å². The first-order valence-corrected chi connectivity index (χ1v) is 8.85. The predicted octanol–water partition coefficient (Wildman–Crippen LogP) is 4.19. The summed E-state index contributed by atoms with van der Waals surface area (Å²) in [6.07, 6.45) is 3.30. The third kappa shape index (κ3) is 5.31. The molecule has 4 heteroatoms. The third-order valence-corrected chi connectivity index (χ3v) is 4.32. The summed E-state index contributed by atoms with van der Waals surface area (Å²) >= 11 is 0. The van der Waals surface area contributed by atoms with Crippen LogP contribution in [-0.2, 0) is 21.5 Å². The normalized spacial score (nSPS) is 12.7. The largest absolute Gasteiger partial charge is 0.347 e. The maximum atomic E-state index is 12.7. The van der Waals surface area contributed by atoms with Crippen molar-refractivity contribution in [3.8, 4) is 0 Å². The first-order valence-electron chi connectivity index (χ1n) is 8.85. The van der Waals surface area contributed by atoms with Crippen molar-refractivity contribution < 1.29 is 9.59 Å². The highest BCUT2D eigenvalue weighted by atomic mass is 16.2. The fourth-order valence-electron chi connectivity index (χ4n) is 3.07. The summed E-state index contributed by atoms with van der Waals surface area (Å²) in [5.41, 5.74) is 2.19. The van der Waals surface area contributed by atoms with Gasteiger partial charge in [0, 0.05) is 5.69 Å². The molecule has 0 saturated carbocycles.